The van der Waals surface area contributed by atoms with Crippen LogP contribution in [0.4, 0.5) is 0 Å². The van der Waals surface area contributed by atoms with E-state index in [1.54, 1.807) is 12.1 Å². The van der Waals surface area contributed by atoms with Gasteiger partial charge < -0.3 is 25.2 Å². The maximum absolute atomic E-state index is 12.9. The van der Waals surface area contributed by atoms with E-state index in [0.29, 0.717) is 19.4 Å². The molecule has 0 spiro atoms. The van der Waals surface area contributed by atoms with Crippen LogP contribution >= 0.6 is 12.2 Å². The van der Waals surface area contributed by atoms with E-state index in [1.165, 1.54) is 12.1 Å². The van der Waals surface area contributed by atoms with E-state index in [1.807, 2.05) is 0 Å². The van der Waals surface area contributed by atoms with Crippen LogP contribution in [0.15, 0.2) is 34.2 Å². The molecule has 1 saturated heterocycles. The molecule has 0 amide bonds. The summed E-state index contributed by atoms with van der Waals surface area (Å²) in [4.78, 5) is 40.5. The first-order valence-corrected chi connectivity index (χ1v) is 11.5. The Labute approximate surface area is 200 Å². The molecule has 2 rings (SSSR count). The lowest BCUT2D eigenvalue weighted by atomic mass is 9.66. The van der Waals surface area contributed by atoms with E-state index in [-0.39, 0.29) is 0 Å². The van der Waals surface area contributed by atoms with Gasteiger partial charge in [0.1, 0.15) is 6.10 Å². The van der Waals surface area contributed by atoms with Gasteiger partial charge in [-0.15, -0.1) is 0 Å². The van der Waals surface area contributed by atoms with E-state index in [4.69, 9.17) is 8.92 Å². The van der Waals surface area contributed by atoms with Gasteiger partial charge in [-0.3, -0.25) is 18.6 Å². The van der Waals surface area contributed by atoms with Gasteiger partial charge in [-0.2, -0.15) is 13.4 Å². The molecule has 1 aromatic carbocycles. The number of hydrogen-bond donors (Lipinski definition) is 4. The van der Waals surface area contributed by atoms with Crippen molar-refractivity contribution in [1.82, 2.24) is 0 Å². The largest absolute Gasteiger partial charge is 0.386 e. The lowest BCUT2D eigenvalue weighted by Gasteiger charge is -2.54. The lowest BCUT2D eigenvalue weighted by Crippen LogP contribution is -2.83. The first-order chi connectivity index (χ1) is 15.5. The Morgan fingerprint density at radius 1 is 1.12 bits per heavy atom. The third-order valence-electron chi connectivity index (χ3n) is 5.45. The zero-order valence-electron chi connectivity index (χ0n) is 18.5. The molecule has 4 N–H and O–H groups in total. The summed E-state index contributed by atoms with van der Waals surface area (Å²) >= 11 is 4.42. The summed E-state index contributed by atoms with van der Waals surface area (Å²) in [5.41, 5.74) is -6.50. The van der Waals surface area contributed by atoms with Crippen LogP contribution in [0.2, 0.25) is 0 Å². The molecule has 1 fully saturated rings. The summed E-state index contributed by atoms with van der Waals surface area (Å²) in [7, 11) is -4.93. The second-order valence-electron chi connectivity index (χ2n) is 7.83. The number of aliphatic imine (C=N–C) groups is 1. The minimum Gasteiger partial charge on any atom is -0.386 e. The van der Waals surface area contributed by atoms with Crippen molar-refractivity contribution in [3.05, 3.63) is 29.8 Å². The van der Waals surface area contributed by atoms with Gasteiger partial charge in [-0.1, -0.05) is 17.7 Å². The second-order valence-corrected chi connectivity index (χ2v) is 9.58. The van der Waals surface area contributed by atoms with E-state index >= 15 is 0 Å². The van der Waals surface area contributed by atoms with Crippen molar-refractivity contribution in [3.8, 4) is 0 Å². The van der Waals surface area contributed by atoms with E-state index in [9.17, 15) is 43.2 Å². The van der Waals surface area contributed by atoms with Crippen LogP contribution in [0, 0.1) is 6.92 Å². The normalized spacial score (nSPS) is 32.4. The summed E-state index contributed by atoms with van der Waals surface area (Å²) in [6.45, 7) is 3.89. The molecule has 6 atom stereocenters. The zero-order valence-corrected chi connectivity index (χ0v) is 20.1. The summed E-state index contributed by atoms with van der Waals surface area (Å²) in [5.74, 6) is -7.83. The Balaban J connectivity index is 2.87. The maximum Gasteiger partial charge on any atom is 0.308 e. The van der Waals surface area contributed by atoms with Crippen LogP contribution in [-0.4, -0.2) is 86.8 Å². The van der Waals surface area contributed by atoms with Gasteiger partial charge in [0.05, 0.1) is 10.1 Å². The van der Waals surface area contributed by atoms with Crippen LogP contribution in [-0.2, 0) is 33.4 Å². The summed E-state index contributed by atoms with van der Waals surface area (Å²) < 4.78 is 35.9. The second kappa shape index (κ2) is 9.41. The van der Waals surface area contributed by atoms with Gasteiger partial charge in [0, 0.05) is 0 Å². The maximum atomic E-state index is 12.9. The zero-order chi connectivity index (χ0) is 26.3. The Kier molecular flexibility index (Phi) is 7.75. The predicted molar refractivity (Wildman–Crippen MR) is 116 cm³/mol. The molecule has 1 aliphatic rings. The molecule has 12 nitrogen and oxygen atoms in total. The molecule has 0 radical (unpaired) electrons. The number of Topliss-reactive ketones (excluding diaryl/α,β-unsaturated/α-hetero) is 3. The van der Waals surface area contributed by atoms with E-state index in [0.717, 1.165) is 19.1 Å². The highest BCUT2D eigenvalue weighted by molar-refractivity contribution is 7.86. The van der Waals surface area contributed by atoms with Gasteiger partial charge in [0.2, 0.25) is 0 Å². The molecule has 0 saturated carbocycles. The molecule has 1 heterocycles. The highest BCUT2D eigenvalue weighted by atomic mass is 32.2. The first-order valence-electron chi connectivity index (χ1n) is 9.66. The fraction of sp³-hybridized carbons (Fsp3) is 0.500. The Morgan fingerprint density at radius 2 is 1.62 bits per heavy atom. The molecular formula is C20H23NO11S2. The van der Waals surface area contributed by atoms with Gasteiger partial charge in [-0.05, 0) is 52.0 Å². The van der Waals surface area contributed by atoms with Gasteiger partial charge in [0.25, 0.3) is 10.1 Å². The number of hydrogen-bond acceptors (Lipinski definition) is 13. The molecule has 0 bridgehead atoms. The van der Waals surface area contributed by atoms with E-state index < -0.39 is 67.8 Å². The quantitative estimate of drug-likeness (QED) is 0.183. The molecule has 14 heteroatoms. The van der Waals surface area contributed by atoms with Crippen LogP contribution in [0.25, 0.3) is 0 Å². The summed E-state index contributed by atoms with van der Waals surface area (Å²) in [6, 6.07) is 5.02. The fourth-order valence-electron chi connectivity index (χ4n) is 3.55. The molecule has 1 unspecified atom stereocenters. The minimum absolute atomic E-state index is 0.494. The number of ketones is 3. The van der Waals surface area contributed by atoms with Crippen molar-refractivity contribution in [1.29, 1.82) is 0 Å². The third-order valence-corrected chi connectivity index (χ3v) is 6.84. The van der Waals surface area contributed by atoms with Crippen LogP contribution in [0.1, 0.15) is 26.3 Å². The molecular weight excluding hydrogens is 494 g/mol. The minimum atomic E-state index is -4.93. The molecule has 186 valence electrons. The van der Waals surface area contributed by atoms with Crippen molar-refractivity contribution >= 4 is 44.8 Å². The Bertz CT molecular complexity index is 1160. The summed E-state index contributed by atoms with van der Waals surface area (Å²) in [5, 5.41) is 45.0. The standard InChI is InChI=1S/C20H23NO11S2/c1-10-5-7-14(8-6-10)34(29,30)32-17-19(27,13(4)24)18(26,12(3)23)16(15(25)11(2)22)31-20(17,28)21-9-33/h5-8,11,16-17,22,26-28H,1-4H3/t11?,16-,17-,18-,19-,20+/m1/s1. The smallest absolute Gasteiger partial charge is 0.308 e. The first kappa shape index (κ1) is 28.0. The topological polar surface area (TPSA) is 197 Å². The van der Waals surface area contributed by atoms with Crippen LogP contribution in [0.3, 0.4) is 0 Å². The average molecular weight is 518 g/mol. The number of thiocarbonyl (C=S) groups is 1. The molecule has 1 aliphatic heterocycles. The monoisotopic (exact) mass is 517 g/mol. The van der Waals surface area contributed by atoms with Crippen molar-refractivity contribution in [2.24, 2.45) is 4.99 Å². The molecule has 0 aliphatic carbocycles. The van der Waals surface area contributed by atoms with Crippen molar-refractivity contribution < 1.29 is 52.1 Å². The Morgan fingerprint density at radius 3 is 2.03 bits per heavy atom. The molecule has 34 heavy (non-hydrogen) atoms. The Hall–Kier alpha value is -2.26. The highest BCUT2D eigenvalue weighted by Gasteiger charge is 2.77. The van der Waals surface area contributed by atoms with E-state index in [2.05, 4.69) is 17.2 Å². The number of aliphatic hydroxyl groups is 4. The molecule has 0 aromatic heterocycles. The number of carbonyl (C=O) groups excluding carboxylic acids is 3. The van der Waals surface area contributed by atoms with Crippen molar-refractivity contribution in [3.63, 3.8) is 0 Å². The number of benzene rings is 1. The average Bonchev–Trinajstić information content (AvgIpc) is 2.73. The van der Waals surface area contributed by atoms with Gasteiger partial charge in [-0.25, -0.2) is 0 Å². The molecule has 1 aromatic rings. The highest BCUT2D eigenvalue weighted by Crippen LogP contribution is 2.47. The number of ether oxygens (including phenoxy) is 1. The predicted octanol–water partition coefficient (Wildman–Crippen LogP) is -1.19. The number of isothiocyanates is 1. The number of aliphatic hydroxyl groups excluding tert-OH is 1. The third kappa shape index (κ3) is 4.40. The lowest BCUT2D eigenvalue weighted by molar-refractivity contribution is -0.364. The number of carbonyl (C=O) groups is 3. The number of nitrogens with zero attached hydrogens (tertiary/aromatic N) is 1. The van der Waals surface area contributed by atoms with Crippen LogP contribution < -0.4 is 0 Å². The van der Waals surface area contributed by atoms with Gasteiger partial charge in [0.15, 0.2) is 40.8 Å². The van der Waals surface area contributed by atoms with Crippen LogP contribution in [0.5, 0.6) is 0 Å². The van der Waals surface area contributed by atoms with Crippen molar-refractivity contribution in [2.45, 2.75) is 68.0 Å². The SMILES string of the molecule is CC(=O)[C@@]1(O)[C@@H](C(=O)C(C)O)O[C@](O)(N=C=S)[C@H](OS(=O)(=O)c2ccc(C)cc2)[C@]1(O)C(C)=O. The number of aryl methyl sites for hydroxylation is 1. The van der Waals surface area contributed by atoms with Gasteiger partial charge >= 0.3 is 5.91 Å². The number of rotatable bonds is 8. The van der Waals surface area contributed by atoms with Crippen molar-refractivity contribution in [2.75, 3.05) is 0 Å². The fourth-order valence-corrected chi connectivity index (χ4v) is 4.78. The summed E-state index contributed by atoms with van der Waals surface area (Å²) in [6.07, 6.45) is -7.38.